The molecule has 2 atom stereocenters. The first-order valence-corrected chi connectivity index (χ1v) is 3.19. The standard InChI is InChI=1S/C7H13/c1-3-4-7-5-6(7)2/h5-7H,3-4H2,1-2H3. The molecule has 0 N–H and O–H groups in total. The molecule has 0 bridgehead atoms. The van der Waals surface area contributed by atoms with E-state index in [1.54, 1.807) is 0 Å². The molecule has 7 heavy (non-hydrogen) atoms. The molecule has 0 aromatic carbocycles. The van der Waals surface area contributed by atoms with Crippen LogP contribution in [0.25, 0.3) is 0 Å². The van der Waals surface area contributed by atoms with E-state index in [1.807, 2.05) is 0 Å². The Hall–Kier alpha value is 0. The molecule has 0 saturated heterocycles. The van der Waals surface area contributed by atoms with Crippen molar-refractivity contribution in [2.45, 2.75) is 26.7 Å². The Morgan fingerprint density at radius 1 is 1.57 bits per heavy atom. The Morgan fingerprint density at radius 3 is 2.29 bits per heavy atom. The van der Waals surface area contributed by atoms with Gasteiger partial charge in [-0.2, -0.15) is 0 Å². The lowest BCUT2D eigenvalue weighted by Crippen LogP contribution is -1.74. The zero-order valence-corrected chi connectivity index (χ0v) is 5.15. The molecule has 0 spiro atoms. The highest BCUT2D eigenvalue weighted by Crippen LogP contribution is 2.39. The third-order valence-corrected chi connectivity index (χ3v) is 1.71. The van der Waals surface area contributed by atoms with Crippen molar-refractivity contribution >= 4 is 0 Å². The van der Waals surface area contributed by atoms with Crippen molar-refractivity contribution in [3.8, 4) is 0 Å². The highest BCUT2D eigenvalue weighted by atomic mass is 14.4. The molecule has 41 valence electrons. The number of hydrogen-bond donors (Lipinski definition) is 0. The van der Waals surface area contributed by atoms with Gasteiger partial charge in [-0.3, -0.25) is 0 Å². The molecule has 1 aliphatic rings. The molecule has 0 aromatic rings. The first-order chi connectivity index (χ1) is 3.34. The summed E-state index contributed by atoms with van der Waals surface area (Å²) in [5, 5.41) is 0. The molecule has 0 heterocycles. The van der Waals surface area contributed by atoms with E-state index in [-0.39, 0.29) is 0 Å². The van der Waals surface area contributed by atoms with E-state index in [4.69, 9.17) is 0 Å². The van der Waals surface area contributed by atoms with Crippen molar-refractivity contribution in [2.75, 3.05) is 0 Å². The molecule has 2 unspecified atom stereocenters. The van der Waals surface area contributed by atoms with Gasteiger partial charge in [-0.05, 0) is 18.3 Å². The lowest BCUT2D eigenvalue weighted by Gasteiger charge is -1.86. The summed E-state index contributed by atoms with van der Waals surface area (Å²) in [5.74, 6) is 1.94. The van der Waals surface area contributed by atoms with Crippen LogP contribution in [-0.4, -0.2) is 0 Å². The Morgan fingerprint density at radius 2 is 2.14 bits per heavy atom. The predicted octanol–water partition coefficient (Wildman–Crippen LogP) is 2.26. The fourth-order valence-corrected chi connectivity index (χ4v) is 1.02. The quantitative estimate of drug-likeness (QED) is 0.495. The molecule has 1 rings (SSSR count). The zero-order chi connectivity index (χ0) is 5.28. The van der Waals surface area contributed by atoms with Crippen LogP contribution >= 0.6 is 0 Å². The minimum Gasteiger partial charge on any atom is -0.0654 e. The fourth-order valence-electron chi connectivity index (χ4n) is 1.02. The van der Waals surface area contributed by atoms with E-state index in [0.29, 0.717) is 0 Å². The second-order valence-electron chi connectivity index (χ2n) is 2.50. The van der Waals surface area contributed by atoms with Crippen molar-refractivity contribution < 1.29 is 0 Å². The molecular weight excluding hydrogens is 84.1 g/mol. The SMILES string of the molecule is CCCC1[CH]C1C. The maximum atomic E-state index is 2.42. The van der Waals surface area contributed by atoms with Crippen molar-refractivity contribution in [2.24, 2.45) is 11.8 Å². The molecule has 1 aliphatic carbocycles. The van der Waals surface area contributed by atoms with E-state index >= 15 is 0 Å². The molecule has 0 amide bonds. The van der Waals surface area contributed by atoms with Crippen molar-refractivity contribution in [1.82, 2.24) is 0 Å². The van der Waals surface area contributed by atoms with Crippen LogP contribution in [0.15, 0.2) is 0 Å². The van der Waals surface area contributed by atoms with Crippen molar-refractivity contribution in [1.29, 1.82) is 0 Å². The van der Waals surface area contributed by atoms with Gasteiger partial charge in [0.15, 0.2) is 0 Å². The van der Waals surface area contributed by atoms with Crippen LogP contribution in [0.5, 0.6) is 0 Å². The number of hydrogen-bond acceptors (Lipinski definition) is 0. The van der Waals surface area contributed by atoms with Crippen LogP contribution in [0.2, 0.25) is 0 Å². The summed E-state index contributed by atoms with van der Waals surface area (Å²) in [7, 11) is 0. The normalized spacial score (nSPS) is 38.6. The average Bonchev–Trinajstić information content (AvgIpc) is 2.22. The van der Waals surface area contributed by atoms with Gasteiger partial charge in [-0.1, -0.05) is 26.7 Å². The molecular formula is C7H13. The summed E-state index contributed by atoms with van der Waals surface area (Å²) in [6.45, 7) is 4.54. The van der Waals surface area contributed by atoms with Crippen LogP contribution in [0.4, 0.5) is 0 Å². The Balaban J connectivity index is 1.98. The minimum atomic E-state index is 0.944. The third-order valence-electron chi connectivity index (χ3n) is 1.71. The molecule has 0 aromatic heterocycles. The van der Waals surface area contributed by atoms with E-state index in [0.717, 1.165) is 11.8 Å². The first kappa shape index (κ1) is 5.14. The largest absolute Gasteiger partial charge is 0.0654 e. The van der Waals surface area contributed by atoms with E-state index < -0.39 is 0 Å². The second-order valence-corrected chi connectivity index (χ2v) is 2.50. The van der Waals surface area contributed by atoms with Gasteiger partial charge in [0, 0.05) is 0 Å². The molecule has 0 aliphatic heterocycles. The summed E-state index contributed by atoms with van der Waals surface area (Å²) in [6.07, 6.45) is 5.19. The third kappa shape index (κ3) is 1.19. The summed E-state index contributed by atoms with van der Waals surface area (Å²) >= 11 is 0. The van der Waals surface area contributed by atoms with E-state index in [9.17, 15) is 0 Å². The summed E-state index contributed by atoms with van der Waals surface area (Å²) in [6, 6.07) is 0. The van der Waals surface area contributed by atoms with Gasteiger partial charge in [-0.25, -0.2) is 0 Å². The Kier molecular flexibility index (Phi) is 1.36. The van der Waals surface area contributed by atoms with Gasteiger partial charge < -0.3 is 0 Å². The molecule has 1 radical (unpaired) electrons. The maximum Gasteiger partial charge on any atom is -0.0321 e. The van der Waals surface area contributed by atoms with Gasteiger partial charge >= 0.3 is 0 Å². The lowest BCUT2D eigenvalue weighted by molar-refractivity contribution is 0.664. The van der Waals surface area contributed by atoms with Gasteiger partial charge in [0.2, 0.25) is 0 Å². The summed E-state index contributed by atoms with van der Waals surface area (Å²) in [4.78, 5) is 0. The van der Waals surface area contributed by atoms with Gasteiger partial charge in [-0.15, -0.1) is 0 Å². The van der Waals surface area contributed by atoms with Crippen molar-refractivity contribution in [3.63, 3.8) is 0 Å². The van der Waals surface area contributed by atoms with Crippen LogP contribution in [-0.2, 0) is 0 Å². The minimum absolute atomic E-state index is 0.944. The first-order valence-electron chi connectivity index (χ1n) is 3.19. The van der Waals surface area contributed by atoms with Gasteiger partial charge in [0.1, 0.15) is 0 Å². The van der Waals surface area contributed by atoms with Crippen LogP contribution in [0, 0.1) is 18.3 Å². The van der Waals surface area contributed by atoms with Crippen molar-refractivity contribution in [3.05, 3.63) is 6.42 Å². The van der Waals surface area contributed by atoms with Crippen LogP contribution in [0.3, 0.4) is 0 Å². The summed E-state index contributed by atoms with van der Waals surface area (Å²) < 4.78 is 0. The van der Waals surface area contributed by atoms with Gasteiger partial charge in [0.05, 0.1) is 0 Å². The highest BCUT2D eigenvalue weighted by Gasteiger charge is 2.31. The summed E-state index contributed by atoms with van der Waals surface area (Å²) in [5.41, 5.74) is 0. The van der Waals surface area contributed by atoms with E-state index in [2.05, 4.69) is 20.3 Å². The number of rotatable bonds is 2. The average molecular weight is 97.2 g/mol. The molecule has 1 saturated carbocycles. The van der Waals surface area contributed by atoms with Crippen LogP contribution in [0.1, 0.15) is 26.7 Å². The van der Waals surface area contributed by atoms with Crippen LogP contribution < -0.4 is 0 Å². The second kappa shape index (κ2) is 1.85. The predicted molar refractivity (Wildman–Crippen MR) is 31.9 cm³/mol. The monoisotopic (exact) mass is 97.1 g/mol. The zero-order valence-electron chi connectivity index (χ0n) is 5.15. The molecule has 1 fully saturated rings. The van der Waals surface area contributed by atoms with E-state index in [1.165, 1.54) is 12.8 Å². The maximum absolute atomic E-state index is 2.42. The smallest absolute Gasteiger partial charge is 0.0321 e. The fraction of sp³-hybridized carbons (Fsp3) is 0.857. The lowest BCUT2D eigenvalue weighted by atomic mass is 10.2. The molecule has 0 heteroatoms. The highest BCUT2D eigenvalue weighted by molar-refractivity contribution is 5.01. The topological polar surface area (TPSA) is 0 Å². The molecule has 0 nitrogen and oxygen atoms in total. The Labute approximate surface area is 45.9 Å². The Bertz CT molecular complexity index is 57.1. The van der Waals surface area contributed by atoms with Gasteiger partial charge in [0.25, 0.3) is 0 Å².